The van der Waals surface area contributed by atoms with Gasteiger partial charge in [-0.3, -0.25) is 0 Å². The lowest BCUT2D eigenvalue weighted by atomic mass is 9.77. The van der Waals surface area contributed by atoms with Crippen molar-refractivity contribution in [3.05, 3.63) is 33.8 Å². The Bertz CT molecular complexity index is 474. The number of halogens is 2. The topological polar surface area (TPSA) is 38.7 Å². The highest BCUT2D eigenvalue weighted by Crippen LogP contribution is 2.45. The number of hydrogen-bond acceptors (Lipinski definition) is 3. The molecule has 2 fully saturated rings. The van der Waals surface area contributed by atoms with E-state index in [1.54, 1.807) is 12.1 Å². The fourth-order valence-electron chi connectivity index (χ4n) is 2.90. The molecule has 1 saturated heterocycles. The maximum atomic E-state index is 10.8. The molecule has 0 aromatic heterocycles. The van der Waals surface area contributed by atoms with Crippen molar-refractivity contribution in [2.24, 2.45) is 0 Å². The third kappa shape index (κ3) is 2.50. The van der Waals surface area contributed by atoms with E-state index in [4.69, 9.17) is 32.7 Å². The van der Waals surface area contributed by atoms with E-state index >= 15 is 0 Å². The first kappa shape index (κ1) is 13.7. The van der Waals surface area contributed by atoms with Crippen LogP contribution in [-0.4, -0.2) is 24.1 Å². The molecule has 1 spiro atoms. The summed E-state index contributed by atoms with van der Waals surface area (Å²) >= 11 is 11.9. The maximum Gasteiger partial charge on any atom is 0.168 e. The second-order valence-electron chi connectivity index (χ2n) is 5.27. The first-order chi connectivity index (χ1) is 9.03. The SMILES string of the molecule is OC1(c2ccc(Cl)c(Cl)c2)CCC2(CC1)OCCO2. The van der Waals surface area contributed by atoms with Crippen molar-refractivity contribution in [2.75, 3.05) is 13.2 Å². The van der Waals surface area contributed by atoms with E-state index in [1.807, 2.05) is 6.07 Å². The van der Waals surface area contributed by atoms with Gasteiger partial charge in [0, 0.05) is 12.8 Å². The van der Waals surface area contributed by atoms with E-state index in [1.165, 1.54) is 0 Å². The normalized spacial score (nSPS) is 24.8. The first-order valence-corrected chi connectivity index (χ1v) is 7.25. The average Bonchev–Trinajstić information content (AvgIpc) is 2.86. The second-order valence-corrected chi connectivity index (χ2v) is 6.08. The molecule has 0 bridgehead atoms. The summed E-state index contributed by atoms with van der Waals surface area (Å²) in [6, 6.07) is 5.31. The molecular weight excluding hydrogens is 287 g/mol. The predicted molar refractivity (Wildman–Crippen MR) is 73.5 cm³/mol. The highest BCUT2D eigenvalue weighted by Gasteiger charge is 2.46. The molecule has 104 valence electrons. The highest BCUT2D eigenvalue weighted by atomic mass is 35.5. The van der Waals surface area contributed by atoms with E-state index in [2.05, 4.69) is 0 Å². The molecule has 0 atom stereocenters. The standard InChI is InChI=1S/C14H16Cl2O3/c15-11-2-1-10(9-12(11)16)13(17)3-5-14(6-4-13)18-7-8-19-14/h1-2,9,17H,3-8H2. The van der Waals surface area contributed by atoms with Crippen LogP contribution in [0.2, 0.25) is 10.0 Å². The summed E-state index contributed by atoms with van der Waals surface area (Å²) in [6.07, 6.45) is 2.60. The van der Waals surface area contributed by atoms with Gasteiger partial charge in [0.05, 0.1) is 28.9 Å². The van der Waals surface area contributed by atoms with Crippen LogP contribution in [-0.2, 0) is 15.1 Å². The van der Waals surface area contributed by atoms with Crippen LogP contribution in [0.4, 0.5) is 0 Å². The Balaban J connectivity index is 1.79. The number of rotatable bonds is 1. The van der Waals surface area contributed by atoms with Crippen LogP contribution in [0.3, 0.4) is 0 Å². The third-order valence-electron chi connectivity index (χ3n) is 4.11. The fourth-order valence-corrected chi connectivity index (χ4v) is 3.20. The van der Waals surface area contributed by atoms with Crippen molar-refractivity contribution in [1.29, 1.82) is 0 Å². The molecule has 1 aromatic carbocycles. The molecule has 2 aliphatic rings. The molecule has 5 heteroatoms. The van der Waals surface area contributed by atoms with Gasteiger partial charge in [-0.15, -0.1) is 0 Å². The van der Waals surface area contributed by atoms with Gasteiger partial charge in [0.25, 0.3) is 0 Å². The van der Waals surface area contributed by atoms with Crippen LogP contribution in [0.5, 0.6) is 0 Å². The smallest absolute Gasteiger partial charge is 0.168 e. The van der Waals surface area contributed by atoms with Crippen molar-refractivity contribution in [3.63, 3.8) is 0 Å². The number of ether oxygens (including phenoxy) is 2. The molecular formula is C14H16Cl2O3. The summed E-state index contributed by atoms with van der Waals surface area (Å²) in [5.74, 6) is -0.470. The van der Waals surface area contributed by atoms with Crippen LogP contribution in [0.25, 0.3) is 0 Å². The van der Waals surface area contributed by atoms with Crippen LogP contribution in [0.15, 0.2) is 18.2 Å². The minimum Gasteiger partial charge on any atom is -0.385 e. The van der Waals surface area contributed by atoms with Gasteiger partial charge >= 0.3 is 0 Å². The minimum absolute atomic E-state index is 0.470. The molecule has 1 saturated carbocycles. The molecule has 0 radical (unpaired) electrons. The Morgan fingerprint density at radius 1 is 0.947 bits per heavy atom. The Kier molecular flexibility index (Phi) is 3.52. The fraction of sp³-hybridized carbons (Fsp3) is 0.571. The van der Waals surface area contributed by atoms with Crippen molar-refractivity contribution < 1.29 is 14.6 Å². The number of benzene rings is 1. The van der Waals surface area contributed by atoms with Gasteiger partial charge in [-0.05, 0) is 30.5 Å². The van der Waals surface area contributed by atoms with Gasteiger partial charge in [-0.2, -0.15) is 0 Å². The molecule has 1 heterocycles. The molecule has 1 aliphatic carbocycles. The molecule has 1 aliphatic heterocycles. The number of hydrogen-bond donors (Lipinski definition) is 1. The monoisotopic (exact) mass is 302 g/mol. The van der Waals surface area contributed by atoms with E-state index in [-0.39, 0.29) is 0 Å². The van der Waals surface area contributed by atoms with E-state index in [0.29, 0.717) is 48.9 Å². The third-order valence-corrected chi connectivity index (χ3v) is 4.85. The maximum absolute atomic E-state index is 10.8. The molecule has 0 amide bonds. The summed E-state index contributed by atoms with van der Waals surface area (Å²) in [6.45, 7) is 1.29. The lowest BCUT2D eigenvalue weighted by Gasteiger charge is -2.40. The van der Waals surface area contributed by atoms with E-state index < -0.39 is 11.4 Å². The zero-order valence-electron chi connectivity index (χ0n) is 10.5. The molecule has 3 nitrogen and oxygen atoms in total. The zero-order chi connectivity index (χ0) is 13.5. The molecule has 1 aromatic rings. The van der Waals surface area contributed by atoms with E-state index in [9.17, 15) is 5.11 Å². The highest BCUT2D eigenvalue weighted by molar-refractivity contribution is 6.42. The lowest BCUT2D eigenvalue weighted by molar-refractivity contribution is -0.204. The first-order valence-electron chi connectivity index (χ1n) is 6.49. The van der Waals surface area contributed by atoms with Gasteiger partial charge in [0.1, 0.15) is 0 Å². The van der Waals surface area contributed by atoms with Crippen molar-refractivity contribution in [1.82, 2.24) is 0 Å². The zero-order valence-corrected chi connectivity index (χ0v) is 12.0. The van der Waals surface area contributed by atoms with Crippen LogP contribution < -0.4 is 0 Å². The second kappa shape index (κ2) is 4.90. The van der Waals surface area contributed by atoms with E-state index in [0.717, 1.165) is 5.56 Å². The largest absolute Gasteiger partial charge is 0.385 e. The minimum atomic E-state index is -0.866. The van der Waals surface area contributed by atoms with Crippen LogP contribution in [0.1, 0.15) is 31.2 Å². The van der Waals surface area contributed by atoms with Gasteiger partial charge in [0.15, 0.2) is 5.79 Å². The summed E-state index contributed by atoms with van der Waals surface area (Å²) in [4.78, 5) is 0. The molecule has 3 rings (SSSR count). The predicted octanol–water partition coefficient (Wildman–Crippen LogP) is 3.50. The summed E-state index contributed by atoms with van der Waals surface area (Å²) < 4.78 is 11.3. The van der Waals surface area contributed by atoms with Gasteiger partial charge in [-0.25, -0.2) is 0 Å². The Labute approximate surface area is 122 Å². The lowest BCUT2D eigenvalue weighted by Crippen LogP contribution is -2.42. The van der Waals surface area contributed by atoms with Gasteiger partial charge < -0.3 is 14.6 Å². The average molecular weight is 303 g/mol. The quantitative estimate of drug-likeness (QED) is 0.863. The summed E-state index contributed by atoms with van der Waals surface area (Å²) in [5.41, 5.74) is -0.0517. The Hall–Kier alpha value is -0.320. The summed E-state index contributed by atoms with van der Waals surface area (Å²) in [5, 5.41) is 11.8. The molecule has 1 N–H and O–H groups in total. The number of aliphatic hydroxyl groups is 1. The van der Waals surface area contributed by atoms with Gasteiger partial charge in [-0.1, -0.05) is 29.3 Å². The Morgan fingerprint density at radius 3 is 2.16 bits per heavy atom. The van der Waals surface area contributed by atoms with Crippen molar-refractivity contribution in [2.45, 2.75) is 37.1 Å². The van der Waals surface area contributed by atoms with Crippen LogP contribution >= 0.6 is 23.2 Å². The van der Waals surface area contributed by atoms with Crippen LogP contribution in [0, 0.1) is 0 Å². The molecule has 19 heavy (non-hydrogen) atoms. The van der Waals surface area contributed by atoms with Gasteiger partial charge in [0.2, 0.25) is 0 Å². The van der Waals surface area contributed by atoms with Crippen molar-refractivity contribution in [3.8, 4) is 0 Å². The van der Waals surface area contributed by atoms with Crippen molar-refractivity contribution >= 4 is 23.2 Å². The molecule has 0 unspecified atom stereocenters. The summed E-state index contributed by atoms with van der Waals surface area (Å²) in [7, 11) is 0. The Morgan fingerprint density at radius 2 is 1.58 bits per heavy atom.